The van der Waals surface area contributed by atoms with Crippen molar-refractivity contribution in [1.82, 2.24) is 9.29 Å². The molecule has 5 nitrogen and oxygen atoms in total. The molecule has 0 fully saturated rings. The Hall–Kier alpha value is -1.34. The molecule has 1 aromatic carbocycles. The van der Waals surface area contributed by atoms with E-state index in [0.29, 0.717) is 5.56 Å². The van der Waals surface area contributed by atoms with Gasteiger partial charge in [0.25, 0.3) is 0 Å². The van der Waals surface area contributed by atoms with E-state index < -0.39 is 10.0 Å². The summed E-state index contributed by atoms with van der Waals surface area (Å²) in [6.45, 7) is 0.108. The molecule has 0 atom stereocenters. The summed E-state index contributed by atoms with van der Waals surface area (Å²) in [4.78, 5) is 3.69. The Morgan fingerprint density at radius 2 is 2.00 bits per heavy atom. The highest BCUT2D eigenvalue weighted by Gasteiger charge is 2.22. The predicted molar refractivity (Wildman–Crippen MR) is 81.0 cm³/mol. The lowest BCUT2D eigenvalue weighted by molar-refractivity contribution is 0.458. The highest BCUT2D eigenvalue weighted by Crippen LogP contribution is 2.24. The number of hydrogen-bond acceptors (Lipinski definition) is 4. The average Bonchev–Trinajstić information content (AvgIpc) is 2.41. The molecule has 1 heterocycles. The van der Waals surface area contributed by atoms with Crippen molar-refractivity contribution in [2.24, 2.45) is 0 Å². The van der Waals surface area contributed by atoms with Gasteiger partial charge in [0.15, 0.2) is 0 Å². The van der Waals surface area contributed by atoms with Crippen molar-refractivity contribution in [3.8, 4) is 5.75 Å². The van der Waals surface area contributed by atoms with Crippen LogP contribution in [0.4, 0.5) is 0 Å². The van der Waals surface area contributed by atoms with Gasteiger partial charge >= 0.3 is 0 Å². The Labute approximate surface area is 132 Å². The molecule has 0 unspecified atom stereocenters. The van der Waals surface area contributed by atoms with E-state index in [0.717, 1.165) is 10.5 Å². The third kappa shape index (κ3) is 3.65. The molecule has 0 aliphatic heterocycles. The number of nitrogens with zero attached hydrogens (tertiary/aromatic N) is 2. The molecule has 0 saturated heterocycles. The van der Waals surface area contributed by atoms with E-state index in [2.05, 4.69) is 4.98 Å². The number of aromatic hydroxyl groups is 1. The molecule has 112 valence electrons. The Balaban J connectivity index is 2.28. The van der Waals surface area contributed by atoms with Crippen LogP contribution in [-0.4, -0.2) is 29.9 Å². The molecule has 8 heteroatoms. The van der Waals surface area contributed by atoms with Crippen molar-refractivity contribution >= 4 is 33.2 Å². The number of phenolic OH excluding ortho intramolecular Hbond substituents is 1. The van der Waals surface area contributed by atoms with E-state index in [9.17, 15) is 13.5 Å². The molecule has 0 radical (unpaired) electrons. The topological polar surface area (TPSA) is 70.5 Å². The molecule has 0 spiro atoms. The minimum Gasteiger partial charge on any atom is -0.508 e. The summed E-state index contributed by atoms with van der Waals surface area (Å²) in [6, 6.07) is 7.63. The molecule has 21 heavy (non-hydrogen) atoms. The second kappa shape index (κ2) is 6.19. The second-order valence-electron chi connectivity index (χ2n) is 4.37. The first-order valence-electron chi connectivity index (χ1n) is 5.86. The maximum atomic E-state index is 12.4. The molecule has 0 bridgehead atoms. The first-order chi connectivity index (χ1) is 9.80. The smallest absolute Gasteiger partial charge is 0.244 e. The predicted octanol–water partition coefficient (Wildman–Crippen LogP) is 2.91. The molecular formula is C13H12Cl2N2O3S. The number of sulfonamides is 1. The van der Waals surface area contributed by atoms with Gasteiger partial charge in [0.2, 0.25) is 10.0 Å². The fourth-order valence-corrected chi connectivity index (χ4v) is 3.19. The number of hydrogen-bond donors (Lipinski definition) is 1. The number of rotatable bonds is 4. The summed E-state index contributed by atoms with van der Waals surface area (Å²) >= 11 is 11.5. The van der Waals surface area contributed by atoms with Gasteiger partial charge in [0.05, 0.1) is 5.02 Å². The summed E-state index contributed by atoms with van der Waals surface area (Å²) in [5.41, 5.74) is 0.661. The lowest BCUT2D eigenvalue weighted by atomic mass is 10.2. The van der Waals surface area contributed by atoms with Crippen LogP contribution in [0.2, 0.25) is 10.2 Å². The van der Waals surface area contributed by atoms with Crippen molar-refractivity contribution in [1.29, 1.82) is 0 Å². The second-order valence-corrected chi connectivity index (χ2v) is 7.18. The van der Waals surface area contributed by atoms with Crippen molar-refractivity contribution in [3.63, 3.8) is 0 Å². The van der Waals surface area contributed by atoms with Crippen LogP contribution in [0.5, 0.6) is 5.75 Å². The summed E-state index contributed by atoms with van der Waals surface area (Å²) < 4.78 is 26.0. The summed E-state index contributed by atoms with van der Waals surface area (Å²) in [5, 5.41) is 9.52. The van der Waals surface area contributed by atoms with Crippen LogP contribution in [0.1, 0.15) is 5.56 Å². The van der Waals surface area contributed by atoms with Crippen molar-refractivity contribution in [3.05, 3.63) is 52.3 Å². The van der Waals surface area contributed by atoms with E-state index in [1.54, 1.807) is 12.1 Å². The number of aromatic nitrogens is 1. The zero-order valence-electron chi connectivity index (χ0n) is 11.0. The SMILES string of the molecule is CN(Cc1cccc(O)c1)S(=O)(=O)c1cnc(Cl)c(Cl)c1. The molecule has 1 aromatic heterocycles. The summed E-state index contributed by atoms with van der Waals surface area (Å²) in [5.74, 6) is 0.0782. The molecule has 0 aliphatic carbocycles. The van der Waals surface area contributed by atoms with E-state index in [1.807, 2.05) is 0 Å². The van der Waals surface area contributed by atoms with Gasteiger partial charge in [-0.25, -0.2) is 13.4 Å². The normalized spacial score (nSPS) is 11.8. The van der Waals surface area contributed by atoms with Gasteiger partial charge < -0.3 is 5.11 Å². The fraction of sp³-hybridized carbons (Fsp3) is 0.154. The molecule has 0 aliphatic rings. The Morgan fingerprint density at radius 1 is 1.29 bits per heavy atom. The molecule has 2 aromatic rings. The van der Waals surface area contributed by atoms with Crippen LogP contribution >= 0.6 is 23.2 Å². The highest BCUT2D eigenvalue weighted by atomic mass is 35.5. The standard InChI is InChI=1S/C13H12Cl2N2O3S/c1-17(8-9-3-2-4-10(18)5-9)21(19,20)11-6-12(14)13(15)16-7-11/h2-7,18H,8H2,1H3. The van der Waals surface area contributed by atoms with Gasteiger partial charge in [-0.05, 0) is 23.8 Å². The Morgan fingerprint density at radius 3 is 2.62 bits per heavy atom. The lowest BCUT2D eigenvalue weighted by Gasteiger charge is -2.17. The van der Waals surface area contributed by atoms with Gasteiger partial charge in [-0.2, -0.15) is 4.31 Å². The van der Waals surface area contributed by atoms with Crippen LogP contribution in [0.3, 0.4) is 0 Å². The number of benzene rings is 1. The summed E-state index contributed by atoms with van der Waals surface area (Å²) in [6.07, 6.45) is 1.16. The van der Waals surface area contributed by atoms with Gasteiger partial charge in [0.1, 0.15) is 15.8 Å². The maximum absolute atomic E-state index is 12.4. The van der Waals surface area contributed by atoms with Crippen LogP contribution in [0.15, 0.2) is 41.4 Å². The fourth-order valence-electron chi connectivity index (χ4n) is 1.72. The van der Waals surface area contributed by atoms with Gasteiger partial charge in [-0.3, -0.25) is 0 Å². The third-order valence-electron chi connectivity index (χ3n) is 2.80. The van der Waals surface area contributed by atoms with E-state index in [4.69, 9.17) is 23.2 Å². The minimum atomic E-state index is -3.74. The molecule has 0 amide bonds. The van der Waals surface area contributed by atoms with Crippen LogP contribution in [-0.2, 0) is 16.6 Å². The lowest BCUT2D eigenvalue weighted by Crippen LogP contribution is -2.26. The number of pyridine rings is 1. The first kappa shape index (κ1) is 16.0. The van der Waals surface area contributed by atoms with Gasteiger partial charge in [-0.1, -0.05) is 35.3 Å². The van der Waals surface area contributed by atoms with Crippen LogP contribution in [0, 0.1) is 0 Å². The van der Waals surface area contributed by atoms with Crippen molar-refractivity contribution in [2.75, 3.05) is 7.05 Å². The van der Waals surface area contributed by atoms with E-state index >= 15 is 0 Å². The largest absolute Gasteiger partial charge is 0.508 e. The van der Waals surface area contributed by atoms with Gasteiger partial charge in [-0.15, -0.1) is 0 Å². The van der Waals surface area contributed by atoms with Crippen molar-refractivity contribution in [2.45, 2.75) is 11.4 Å². The number of phenols is 1. The molecule has 0 saturated carbocycles. The monoisotopic (exact) mass is 346 g/mol. The van der Waals surface area contributed by atoms with Crippen molar-refractivity contribution < 1.29 is 13.5 Å². The number of halogens is 2. The summed E-state index contributed by atoms with van der Waals surface area (Å²) in [7, 11) is -2.31. The quantitative estimate of drug-likeness (QED) is 0.864. The van der Waals surface area contributed by atoms with E-state index in [1.165, 1.54) is 25.2 Å². The minimum absolute atomic E-state index is 0.0421. The van der Waals surface area contributed by atoms with E-state index in [-0.39, 0.29) is 27.4 Å². The zero-order valence-corrected chi connectivity index (χ0v) is 13.3. The average molecular weight is 347 g/mol. The van der Waals surface area contributed by atoms with Crippen LogP contribution < -0.4 is 0 Å². The van der Waals surface area contributed by atoms with Crippen LogP contribution in [0.25, 0.3) is 0 Å². The highest BCUT2D eigenvalue weighted by molar-refractivity contribution is 7.89. The molecule has 1 N–H and O–H groups in total. The zero-order chi connectivity index (χ0) is 15.6. The third-order valence-corrected chi connectivity index (χ3v) is 5.25. The first-order valence-corrected chi connectivity index (χ1v) is 8.05. The van der Waals surface area contributed by atoms with Gasteiger partial charge in [0, 0.05) is 19.8 Å². The maximum Gasteiger partial charge on any atom is 0.244 e. The molecular weight excluding hydrogens is 335 g/mol. The Kier molecular flexibility index (Phi) is 4.73. The Bertz CT molecular complexity index is 766. The molecule has 2 rings (SSSR count).